The number of aryl methyl sites for hydroxylation is 1. The fourth-order valence-electron chi connectivity index (χ4n) is 1.84. The molecule has 110 valence electrons. The van der Waals surface area contributed by atoms with E-state index in [2.05, 4.69) is 11.9 Å². The Bertz CT molecular complexity index is 623. The van der Waals surface area contributed by atoms with E-state index in [1.807, 2.05) is 24.3 Å². The lowest BCUT2D eigenvalue weighted by Gasteiger charge is -2.10. The van der Waals surface area contributed by atoms with Gasteiger partial charge in [-0.05, 0) is 36.2 Å². The van der Waals surface area contributed by atoms with Crippen LogP contribution in [0.1, 0.15) is 11.1 Å². The average Bonchev–Trinajstić information content (AvgIpc) is 2.48. The number of rotatable bonds is 6. The molecule has 4 heteroatoms. The van der Waals surface area contributed by atoms with Gasteiger partial charge in [0.15, 0.2) is 0 Å². The van der Waals surface area contributed by atoms with E-state index in [1.54, 1.807) is 6.08 Å². The van der Waals surface area contributed by atoms with Gasteiger partial charge in [0.1, 0.15) is 24.0 Å². The van der Waals surface area contributed by atoms with E-state index in [0.29, 0.717) is 18.7 Å². The predicted molar refractivity (Wildman–Crippen MR) is 80.6 cm³/mol. The Balaban J connectivity index is 1.99. The number of nitrogens with one attached hydrogen (secondary N) is 1. The van der Waals surface area contributed by atoms with Crippen molar-refractivity contribution in [1.29, 1.82) is 0 Å². The Morgan fingerprint density at radius 1 is 1.14 bits per heavy atom. The zero-order chi connectivity index (χ0) is 15.2. The third-order valence-corrected chi connectivity index (χ3v) is 3.02. The predicted octanol–water partition coefficient (Wildman–Crippen LogP) is 4.45. The smallest absolute Gasteiger partial charge is 0.146 e. The van der Waals surface area contributed by atoms with Crippen LogP contribution in [0.15, 0.2) is 49.1 Å². The molecule has 2 nitrogen and oxygen atoms in total. The molecule has 0 aliphatic heterocycles. The normalized spacial score (nSPS) is 10.2. The highest BCUT2D eigenvalue weighted by Gasteiger charge is 2.07. The summed E-state index contributed by atoms with van der Waals surface area (Å²) in [5.41, 5.74) is 1.40. The first-order valence-corrected chi connectivity index (χ1v) is 6.62. The third-order valence-electron chi connectivity index (χ3n) is 3.02. The monoisotopic (exact) mass is 289 g/mol. The third kappa shape index (κ3) is 4.05. The molecule has 2 aromatic rings. The Morgan fingerprint density at radius 3 is 2.52 bits per heavy atom. The van der Waals surface area contributed by atoms with E-state index >= 15 is 0 Å². The highest BCUT2D eigenvalue weighted by molar-refractivity contribution is 5.47. The van der Waals surface area contributed by atoms with Gasteiger partial charge >= 0.3 is 0 Å². The van der Waals surface area contributed by atoms with Gasteiger partial charge < -0.3 is 10.1 Å². The van der Waals surface area contributed by atoms with Gasteiger partial charge in [-0.25, -0.2) is 8.78 Å². The van der Waals surface area contributed by atoms with Gasteiger partial charge in [0.25, 0.3) is 0 Å². The minimum atomic E-state index is -0.458. The van der Waals surface area contributed by atoms with E-state index in [0.717, 1.165) is 11.3 Å². The van der Waals surface area contributed by atoms with Crippen LogP contribution in [0.5, 0.6) is 5.75 Å². The summed E-state index contributed by atoms with van der Waals surface area (Å²) in [6.45, 7) is 5.96. The molecule has 0 saturated carbocycles. The first kappa shape index (κ1) is 15.0. The quantitative estimate of drug-likeness (QED) is 0.793. The molecule has 0 unspecified atom stereocenters. The molecule has 0 fully saturated rings. The maximum absolute atomic E-state index is 13.7. The average molecular weight is 289 g/mol. The number of ether oxygens (including phenoxy) is 1. The number of benzene rings is 2. The topological polar surface area (TPSA) is 21.3 Å². The maximum Gasteiger partial charge on any atom is 0.146 e. The Hall–Kier alpha value is -2.36. The number of halogens is 2. The summed E-state index contributed by atoms with van der Waals surface area (Å²) in [4.78, 5) is 0. The van der Waals surface area contributed by atoms with Gasteiger partial charge in [-0.1, -0.05) is 24.8 Å². The van der Waals surface area contributed by atoms with E-state index < -0.39 is 11.6 Å². The molecule has 0 amide bonds. The van der Waals surface area contributed by atoms with Crippen molar-refractivity contribution in [2.24, 2.45) is 0 Å². The van der Waals surface area contributed by atoms with Gasteiger partial charge in [0.05, 0.1) is 5.69 Å². The van der Waals surface area contributed by atoms with E-state index in [1.165, 1.54) is 19.1 Å². The van der Waals surface area contributed by atoms with Crippen molar-refractivity contribution < 1.29 is 13.5 Å². The zero-order valence-corrected chi connectivity index (χ0v) is 11.8. The largest absolute Gasteiger partial charge is 0.490 e. The summed E-state index contributed by atoms with van der Waals surface area (Å²) in [6, 6.07) is 9.75. The number of anilines is 1. The van der Waals surface area contributed by atoms with Crippen molar-refractivity contribution in [2.75, 3.05) is 11.9 Å². The summed E-state index contributed by atoms with van der Waals surface area (Å²) in [7, 11) is 0. The summed E-state index contributed by atoms with van der Waals surface area (Å²) < 4.78 is 32.5. The molecule has 0 heterocycles. The van der Waals surface area contributed by atoms with Gasteiger partial charge in [-0.2, -0.15) is 0 Å². The first-order chi connectivity index (χ1) is 10.1. The molecule has 0 atom stereocenters. The van der Waals surface area contributed by atoms with Crippen LogP contribution in [0.4, 0.5) is 14.5 Å². The molecule has 0 saturated heterocycles. The minimum absolute atomic E-state index is 0.157. The molecule has 0 aromatic heterocycles. The van der Waals surface area contributed by atoms with Gasteiger partial charge in [0, 0.05) is 12.6 Å². The van der Waals surface area contributed by atoms with Crippen LogP contribution in [-0.4, -0.2) is 6.61 Å². The molecule has 0 radical (unpaired) electrons. The molecule has 0 bridgehead atoms. The van der Waals surface area contributed by atoms with E-state index in [9.17, 15) is 8.78 Å². The molecule has 21 heavy (non-hydrogen) atoms. The molecule has 0 aliphatic carbocycles. The Kier molecular flexibility index (Phi) is 4.93. The summed E-state index contributed by atoms with van der Waals surface area (Å²) in [6.07, 6.45) is 1.67. The zero-order valence-electron chi connectivity index (χ0n) is 11.8. The van der Waals surface area contributed by atoms with Crippen molar-refractivity contribution in [3.8, 4) is 5.75 Å². The molecule has 0 spiro atoms. The fraction of sp³-hybridized carbons (Fsp3) is 0.176. The lowest BCUT2D eigenvalue weighted by molar-refractivity contribution is 0.363. The fourth-order valence-corrected chi connectivity index (χ4v) is 1.84. The lowest BCUT2D eigenvalue weighted by atomic mass is 10.2. The van der Waals surface area contributed by atoms with Crippen LogP contribution in [0.2, 0.25) is 0 Å². The van der Waals surface area contributed by atoms with Crippen LogP contribution in [-0.2, 0) is 6.54 Å². The second kappa shape index (κ2) is 6.88. The molecule has 2 aromatic carbocycles. The van der Waals surface area contributed by atoms with Crippen molar-refractivity contribution in [3.05, 3.63) is 71.8 Å². The summed E-state index contributed by atoms with van der Waals surface area (Å²) in [5.74, 6) is -0.141. The molecular weight excluding hydrogens is 272 g/mol. The second-order valence-electron chi connectivity index (χ2n) is 4.68. The van der Waals surface area contributed by atoms with Crippen LogP contribution in [0.25, 0.3) is 0 Å². The summed E-state index contributed by atoms with van der Waals surface area (Å²) in [5, 5.41) is 2.89. The maximum atomic E-state index is 13.7. The van der Waals surface area contributed by atoms with Crippen LogP contribution in [0.3, 0.4) is 0 Å². The van der Waals surface area contributed by atoms with E-state index in [-0.39, 0.29) is 5.69 Å². The second-order valence-corrected chi connectivity index (χ2v) is 4.68. The van der Waals surface area contributed by atoms with Crippen molar-refractivity contribution in [3.63, 3.8) is 0 Å². The minimum Gasteiger partial charge on any atom is -0.490 e. The van der Waals surface area contributed by atoms with E-state index in [4.69, 9.17) is 4.74 Å². The van der Waals surface area contributed by atoms with Crippen molar-refractivity contribution in [2.45, 2.75) is 13.5 Å². The first-order valence-electron chi connectivity index (χ1n) is 6.62. The lowest BCUT2D eigenvalue weighted by Crippen LogP contribution is -2.03. The molecule has 0 aliphatic rings. The Morgan fingerprint density at radius 2 is 1.86 bits per heavy atom. The van der Waals surface area contributed by atoms with Crippen LogP contribution >= 0.6 is 0 Å². The van der Waals surface area contributed by atoms with Crippen LogP contribution in [0, 0.1) is 18.6 Å². The van der Waals surface area contributed by atoms with Gasteiger partial charge in [-0.3, -0.25) is 0 Å². The number of hydrogen-bond acceptors (Lipinski definition) is 2. The molecule has 2 rings (SSSR count). The Labute approximate surface area is 123 Å². The van der Waals surface area contributed by atoms with Crippen molar-refractivity contribution in [1.82, 2.24) is 0 Å². The molecular formula is C17H17F2NO. The van der Waals surface area contributed by atoms with Crippen molar-refractivity contribution >= 4 is 5.69 Å². The molecule has 1 N–H and O–H groups in total. The van der Waals surface area contributed by atoms with Gasteiger partial charge in [-0.15, -0.1) is 0 Å². The SMILES string of the molecule is C=CCOc1ccc(CNc2cc(F)c(C)cc2F)cc1. The summed E-state index contributed by atoms with van der Waals surface area (Å²) >= 11 is 0. The van der Waals surface area contributed by atoms with Crippen LogP contribution < -0.4 is 10.1 Å². The number of hydrogen-bond donors (Lipinski definition) is 1. The highest BCUT2D eigenvalue weighted by atomic mass is 19.1. The van der Waals surface area contributed by atoms with Gasteiger partial charge in [0.2, 0.25) is 0 Å². The standard InChI is InChI=1S/C17H17F2NO/c1-3-8-21-14-6-4-13(5-7-14)11-20-17-10-15(18)12(2)9-16(17)19/h3-7,9-10,20H,1,8,11H2,2H3. The highest BCUT2D eigenvalue weighted by Crippen LogP contribution is 2.20.